The molecular weight excluding hydrogens is 308 g/mol. The highest BCUT2D eigenvalue weighted by Crippen LogP contribution is 2.32. The number of carbonyl (C=O) groups excluding carboxylic acids is 1. The van der Waals surface area contributed by atoms with Gasteiger partial charge in [-0.1, -0.05) is 6.07 Å². The van der Waals surface area contributed by atoms with Crippen molar-refractivity contribution in [2.24, 2.45) is 0 Å². The summed E-state index contributed by atoms with van der Waals surface area (Å²) < 4.78 is 2.20. The van der Waals surface area contributed by atoms with Crippen LogP contribution in [0, 0.1) is 0 Å². The van der Waals surface area contributed by atoms with Crippen LogP contribution < -0.4 is 5.32 Å². The minimum absolute atomic E-state index is 0.0752. The molecule has 5 nitrogen and oxygen atoms in total. The summed E-state index contributed by atoms with van der Waals surface area (Å²) >= 11 is 1.52. The van der Waals surface area contributed by atoms with E-state index in [9.17, 15) is 4.79 Å². The first-order valence-corrected chi connectivity index (χ1v) is 8.37. The summed E-state index contributed by atoms with van der Waals surface area (Å²) in [5.74, 6) is 0. The van der Waals surface area contributed by atoms with Crippen molar-refractivity contribution >= 4 is 22.4 Å². The lowest BCUT2D eigenvalue weighted by Gasteiger charge is -2.37. The zero-order valence-electron chi connectivity index (χ0n) is 12.4. The standard InChI is InChI=1S/C17H16N4OS/c22-17(19-15-6-3-11-23-15)21-10-9-20-8-2-5-14(20)16(21)13-4-1-7-18-12-13/h1-8,11-12,16H,9-10H2,(H,19,22). The van der Waals surface area contributed by atoms with Crippen molar-refractivity contribution in [1.82, 2.24) is 14.5 Å². The molecule has 3 aromatic rings. The van der Waals surface area contributed by atoms with E-state index in [0.717, 1.165) is 22.8 Å². The molecule has 1 N–H and O–H groups in total. The van der Waals surface area contributed by atoms with E-state index >= 15 is 0 Å². The van der Waals surface area contributed by atoms with Gasteiger partial charge in [-0.05, 0) is 41.3 Å². The summed E-state index contributed by atoms with van der Waals surface area (Å²) in [7, 11) is 0. The molecule has 4 heterocycles. The van der Waals surface area contributed by atoms with Crippen molar-refractivity contribution in [3.63, 3.8) is 0 Å². The molecule has 4 rings (SSSR count). The molecule has 3 aromatic heterocycles. The number of urea groups is 1. The van der Waals surface area contributed by atoms with E-state index in [1.54, 1.807) is 6.20 Å². The summed E-state index contributed by atoms with van der Waals surface area (Å²) in [6.07, 6.45) is 5.65. The van der Waals surface area contributed by atoms with E-state index < -0.39 is 0 Å². The molecule has 0 bridgehead atoms. The Labute approximate surface area is 138 Å². The second-order valence-electron chi connectivity index (χ2n) is 5.42. The molecular formula is C17H16N4OS. The molecule has 0 saturated heterocycles. The molecule has 1 aliphatic heterocycles. The van der Waals surface area contributed by atoms with Gasteiger partial charge in [-0.15, -0.1) is 11.3 Å². The predicted molar refractivity (Wildman–Crippen MR) is 90.6 cm³/mol. The summed E-state index contributed by atoms with van der Waals surface area (Å²) in [5, 5.41) is 5.81. The Balaban J connectivity index is 1.69. The van der Waals surface area contributed by atoms with Crippen molar-refractivity contribution in [2.75, 3.05) is 11.9 Å². The first-order chi connectivity index (χ1) is 11.3. The number of rotatable bonds is 2. The number of amides is 2. The van der Waals surface area contributed by atoms with Crippen LogP contribution >= 0.6 is 11.3 Å². The van der Waals surface area contributed by atoms with E-state index in [1.807, 2.05) is 46.8 Å². The van der Waals surface area contributed by atoms with Crippen LogP contribution in [0.25, 0.3) is 0 Å². The second-order valence-corrected chi connectivity index (χ2v) is 6.36. The molecule has 1 unspecified atom stereocenters. The lowest BCUT2D eigenvalue weighted by Crippen LogP contribution is -2.44. The molecule has 0 fully saturated rings. The normalized spacial score (nSPS) is 16.9. The monoisotopic (exact) mass is 324 g/mol. The summed E-state index contributed by atoms with van der Waals surface area (Å²) in [5.41, 5.74) is 2.14. The fourth-order valence-electron chi connectivity index (χ4n) is 3.02. The minimum atomic E-state index is -0.118. The Kier molecular flexibility index (Phi) is 3.59. The maximum atomic E-state index is 12.8. The number of nitrogens with zero attached hydrogens (tertiary/aromatic N) is 3. The first-order valence-electron chi connectivity index (χ1n) is 7.49. The summed E-state index contributed by atoms with van der Waals surface area (Å²) in [4.78, 5) is 18.9. The molecule has 23 heavy (non-hydrogen) atoms. The number of hydrogen-bond acceptors (Lipinski definition) is 3. The number of nitrogens with one attached hydrogen (secondary N) is 1. The van der Waals surface area contributed by atoms with Crippen LogP contribution in [0.15, 0.2) is 60.4 Å². The Bertz CT molecular complexity index is 797. The van der Waals surface area contributed by atoms with Gasteiger partial charge in [0.05, 0.1) is 5.00 Å². The molecule has 1 atom stereocenters. The SMILES string of the molecule is O=C(Nc1cccs1)N1CCn2cccc2C1c1cccnc1. The van der Waals surface area contributed by atoms with Gasteiger partial charge in [0.25, 0.3) is 0 Å². The number of aromatic nitrogens is 2. The molecule has 116 valence electrons. The highest BCUT2D eigenvalue weighted by molar-refractivity contribution is 7.14. The summed E-state index contributed by atoms with van der Waals surface area (Å²) in [6, 6.07) is 11.7. The van der Waals surface area contributed by atoms with Gasteiger partial charge in [-0.2, -0.15) is 0 Å². The van der Waals surface area contributed by atoms with Crippen LogP contribution in [-0.4, -0.2) is 27.0 Å². The Morgan fingerprint density at radius 3 is 2.96 bits per heavy atom. The van der Waals surface area contributed by atoms with Gasteiger partial charge in [0, 0.05) is 37.4 Å². The van der Waals surface area contributed by atoms with Crippen LogP contribution in [0.5, 0.6) is 0 Å². The first kappa shape index (κ1) is 14.0. The third kappa shape index (κ3) is 2.61. The molecule has 0 radical (unpaired) electrons. The van der Waals surface area contributed by atoms with E-state index in [1.165, 1.54) is 11.3 Å². The third-order valence-corrected chi connectivity index (χ3v) is 4.84. The zero-order chi connectivity index (χ0) is 15.6. The smallest absolute Gasteiger partial charge is 0.323 e. The number of carbonyl (C=O) groups is 1. The molecule has 1 aliphatic rings. The van der Waals surface area contributed by atoms with Gasteiger partial charge in [0.15, 0.2) is 0 Å². The number of anilines is 1. The number of fused-ring (bicyclic) bond motifs is 1. The molecule has 0 aromatic carbocycles. The Morgan fingerprint density at radius 2 is 2.17 bits per heavy atom. The van der Waals surface area contributed by atoms with Crippen molar-refractivity contribution in [3.05, 3.63) is 71.6 Å². The summed E-state index contributed by atoms with van der Waals surface area (Å²) in [6.45, 7) is 1.47. The fourth-order valence-corrected chi connectivity index (χ4v) is 3.62. The largest absolute Gasteiger partial charge is 0.348 e. The topological polar surface area (TPSA) is 50.2 Å². The van der Waals surface area contributed by atoms with Crippen LogP contribution in [0.3, 0.4) is 0 Å². The average Bonchev–Trinajstić information content (AvgIpc) is 3.25. The van der Waals surface area contributed by atoms with Gasteiger partial charge >= 0.3 is 6.03 Å². The molecule has 0 spiro atoms. The van der Waals surface area contributed by atoms with E-state index in [-0.39, 0.29) is 12.1 Å². The van der Waals surface area contributed by atoms with Gasteiger partial charge < -0.3 is 9.47 Å². The van der Waals surface area contributed by atoms with E-state index in [4.69, 9.17) is 0 Å². The number of thiophene rings is 1. The van der Waals surface area contributed by atoms with Crippen molar-refractivity contribution in [3.8, 4) is 0 Å². The number of pyridine rings is 1. The predicted octanol–water partition coefficient (Wildman–Crippen LogP) is 3.58. The van der Waals surface area contributed by atoms with E-state index in [0.29, 0.717) is 6.54 Å². The van der Waals surface area contributed by atoms with Crippen LogP contribution in [-0.2, 0) is 6.54 Å². The quantitative estimate of drug-likeness (QED) is 0.783. The second kappa shape index (κ2) is 5.89. The van der Waals surface area contributed by atoms with Crippen LogP contribution in [0.2, 0.25) is 0 Å². The lowest BCUT2D eigenvalue weighted by molar-refractivity contribution is 0.182. The van der Waals surface area contributed by atoms with Gasteiger partial charge in [-0.3, -0.25) is 10.3 Å². The van der Waals surface area contributed by atoms with Crippen molar-refractivity contribution < 1.29 is 4.79 Å². The molecule has 6 heteroatoms. The van der Waals surface area contributed by atoms with Gasteiger partial charge in [0.2, 0.25) is 0 Å². The maximum absolute atomic E-state index is 12.8. The van der Waals surface area contributed by atoms with Crippen molar-refractivity contribution in [2.45, 2.75) is 12.6 Å². The Hall–Kier alpha value is -2.60. The molecule has 0 saturated carbocycles. The lowest BCUT2D eigenvalue weighted by atomic mass is 10.0. The highest BCUT2D eigenvalue weighted by atomic mass is 32.1. The van der Waals surface area contributed by atoms with Gasteiger partial charge in [0.1, 0.15) is 6.04 Å². The van der Waals surface area contributed by atoms with Crippen molar-refractivity contribution in [1.29, 1.82) is 0 Å². The molecule has 0 aliphatic carbocycles. The third-order valence-electron chi connectivity index (χ3n) is 4.05. The van der Waals surface area contributed by atoms with E-state index in [2.05, 4.69) is 27.1 Å². The average molecular weight is 324 g/mol. The fraction of sp³-hybridized carbons (Fsp3) is 0.176. The highest BCUT2D eigenvalue weighted by Gasteiger charge is 2.32. The zero-order valence-corrected chi connectivity index (χ0v) is 13.2. The molecule has 2 amide bonds. The maximum Gasteiger partial charge on any atom is 0.323 e. The minimum Gasteiger partial charge on any atom is -0.348 e. The Morgan fingerprint density at radius 1 is 1.22 bits per heavy atom. The number of hydrogen-bond donors (Lipinski definition) is 1. The van der Waals surface area contributed by atoms with Crippen LogP contribution in [0.4, 0.5) is 9.80 Å². The van der Waals surface area contributed by atoms with Gasteiger partial charge in [-0.25, -0.2) is 4.79 Å². The van der Waals surface area contributed by atoms with Crippen LogP contribution in [0.1, 0.15) is 17.3 Å².